The molecule has 0 spiro atoms. The molecular formula is C23H21NO5S. The van der Waals surface area contributed by atoms with Gasteiger partial charge in [0.25, 0.3) is 16.0 Å². The van der Waals surface area contributed by atoms with Crippen LogP contribution >= 0.6 is 0 Å². The molecule has 0 fully saturated rings. The van der Waals surface area contributed by atoms with Gasteiger partial charge in [-0.05, 0) is 48.7 Å². The molecule has 1 amide bonds. The summed E-state index contributed by atoms with van der Waals surface area (Å²) in [6, 6.07) is 17.9. The molecule has 7 heteroatoms. The van der Waals surface area contributed by atoms with Crippen molar-refractivity contribution in [1.29, 1.82) is 0 Å². The number of hydrogen-bond acceptors (Lipinski definition) is 4. The minimum absolute atomic E-state index is 0.170. The second kappa shape index (κ2) is 8.61. The van der Waals surface area contributed by atoms with Crippen LogP contribution in [0, 0.1) is 0 Å². The van der Waals surface area contributed by atoms with Gasteiger partial charge in [0.15, 0.2) is 5.78 Å². The third-order valence-electron chi connectivity index (χ3n) is 4.72. The fourth-order valence-corrected chi connectivity index (χ4v) is 3.79. The number of carbonyl (C=O) groups is 2. The van der Waals surface area contributed by atoms with E-state index in [4.69, 9.17) is 0 Å². The normalized spacial score (nSPS) is 11.2. The van der Waals surface area contributed by atoms with E-state index in [1.165, 1.54) is 25.1 Å². The van der Waals surface area contributed by atoms with Crippen LogP contribution in [-0.2, 0) is 16.5 Å². The van der Waals surface area contributed by atoms with Gasteiger partial charge in [-0.15, -0.1) is 0 Å². The van der Waals surface area contributed by atoms with Crippen molar-refractivity contribution < 1.29 is 22.6 Å². The highest BCUT2D eigenvalue weighted by Gasteiger charge is 2.19. The van der Waals surface area contributed by atoms with Crippen LogP contribution in [0.15, 0.2) is 71.6 Å². The number of hydrogen-bond donors (Lipinski definition) is 2. The molecule has 0 aliphatic heterocycles. The number of rotatable bonds is 6. The number of Topliss-reactive ketones (excluding diaryl/α,β-unsaturated/α-hetero) is 1. The standard InChI is InChI=1S/C23H21NO5S/c1-3-16-7-9-17(10-8-16)21-12-11-20(14-22(21)30(27,28)29)24-23(26)19-6-4-5-18(13-19)15(2)25/h4-14H,3H2,1-2H3,(H,24,26)(H,27,28,29). The first-order chi connectivity index (χ1) is 14.2. The quantitative estimate of drug-likeness (QED) is 0.445. The van der Waals surface area contributed by atoms with Crippen LogP contribution in [-0.4, -0.2) is 24.7 Å². The second-order valence-electron chi connectivity index (χ2n) is 6.83. The van der Waals surface area contributed by atoms with E-state index in [-0.39, 0.29) is 21.9 Å². The smallest absolute Gasteiger partial charge is 0.295 e. The van der Waals surface area contributed by atoms with Gasteiger partial charge in [-0.2, -0.15) is 8.42 Å². The van der Waals surface area contributed by atoms with E-state index < -0.39 is 16.0 Å². The molecule has 0 radical (unpaired) electrons. The van der Waals surface area contributed by atoms with Gasteiger partial charge in [-0.25, -0.2) is 0 Å². The predicted octanol–water partition coefficient (Wildman–Crippen LogP) is 4.62. The summed E-state index contributed by atoms with van der Waals surface area (Å²) in [6.07, 6.45) is 0.848. The maximum absolute atomic E-state index is 12.5. The van der Waals surface area contributed by atoms with Gasteiger partial charge in [-0.3, -0.25) is 14.1 Å². The molecule has 154 valence electrons. The fraction of sp³-hybridized carbons (Fsp3) is 0.130. The van der Waals surface area contributed by atoms with Gasteiger partial charge in [0, 0.05) is 22.4 Å². The summed E-state index contributed by atoms with van der Waals surface area (Å²) in [5.74, 6) is -0.670. The Kier molecular flexibility index (Phi) is 6.14. The number of aryl methyl sites for hydroxylation is 1. The molecule has 30 heavy (non-hydrogen) atoms. The Morgan fingerprint density at radius 3 is 2.20 bits per heavy atom. The SMILES string of the molecule is CCc1ccc(-c2ccc(NC(=O)c3cccc(C(C)=O)c3)cc2S(=O)(=O)O)cc1. The summed E-state index contributed by atoms with van der Waals surface area (Å²) >= 11 is 0. The monoisotopic (exact) mass is 423 g/mol. The van der Waals surface area contributed by atoms with Crippen LogP contribution in [0.4, 0.5) is 5.69 Å². The van der Waals surface area contributed by atoms with Crippen LogP contribution in [0.1, 0.15) is 40.1 Å². The van der Waals surface area contributed by atoms with E-state index in [9.17, 15) is 22.6 Å². The second-order valence-corrected chi connectivity index (χ2v) is 8.22. The number of nitrogens with one attached hydrogen (secondary N) is 1. The average Bonchev–Trinajstić information content (AvgIpc) is 2.73. The van der Waals surface area contributed by atoms with E-state index in [1.807, 2.05) is 19.1 Å². The largest absolute Gasteiger partial charge is 0.322 e. The molecule has 3 rings (SSSR count). The van der Waals surface area contributed by atoms with Crippen LogP contribution < -0.4 is 5.32 Å². The number of ketones is 1. The van der Waals surface area contributed by atoms with Crippen LogP contribution in [0.3, 0.4) is 0 Å². The van der Waals surface area contributed by atoms with E-state index in [2.05, 4.69) is 5.32 Å². The molecule has 0 saturated carbocycles. The number of carbonyl (C=O) groups excluding carboxylic acids is 2. The molecule has 0 atom stereocenters. The molecule has 6 nitrogen and oxygen atoms in total. The van der Waals surface area contributed by atoms with E-state index in [0.29, 0.717) is 16.7 Å². The maximum Gasteiger partial charge on any atom is 0.295 e. The van der Waals surface area contributed by atoms with Crippen LogP contribution in [0.2, 0.25) is 0 Å². The van der Waals surface area contributed by atoms with Gasteiger partial charge in [0.2, 0.25) is 0 Å². The minimum atomic E-state index is -4.53. The van der Waals surface area contributed by atoms with Crippen molar-refractivity contribution in [3.63, 3.8) is 0 Å². The zero-order chi connectivity index (χ0) is 21.9. The Bertz CT molecular complexity index is 1210. The third kappa shape index (κ3) is 4.82. The summed E-state index contributed by atoms with van der Waals surface area (Å²) in [6.45, 7) is 3.42. The summed E-state index contributed by atoms with van der Waals surface area (Å²) in [4.78, 5) is 23.8. The summed E-state index contributed by atoms with van der Waals surface area (Å²) in [5, 5.41) is 2.61. The van der Waals surface area contributed by atoms with Crippen molar-refractivity contribution in [2.45, 2.75) is 25.2 Å². The van der Waals surface area contributed by atoms with Gasteiger partial charge < -0.3 is 5.32 Å². The van der Waals surface area contributed by atoms with Crippen LogP contribution in [0.25, 0.3) is 11.1 Å². The lowest BCUT2D eigenvalue weighted by Crippen LogP contribution is -2.13. The van der Waals surface area contributed by atoms with E-state index >= 15 is 0 Å². The predicted molar refractivity (Wildman–Crippen MR) is 115 cm³/mol. The number of anilines is 1. The van der Waals surface area contributed by atoms with Crippen molar-refractivity contribution in [3.05, 3.63) is 83.4 Å². The Labute approximate surface area is 175 Å². The van der Waals surface area contributed by atoms with Gasteiger partial charge in [0.05, 0.1) is 0 Å². The lowest BCUT2D eigenvalue weighted by Gasteiger charge is -2.12. The van der Waals surface area contributed by atoms with Crippen molar-refractivity contribution in [1.82, 2.24) is 0 Å². The van der Waals surface area contributed by atoms with Crippen molar-refractivity contribution in [2.24, 2.45) is 0 Å². The third-order valence-corrected chi connectivity index (χ3v) is 5.62. The zero-order valence-electron chi connectivity index (χ0n) is 16.5. The molecular weight excluding hydrogens is 402 g/mol. The lowest BCUT2D eigenvalue weighted by atomic mass is 10.0. The molecule has 2 N–H and O–H groups in total. The van der Waals surface area contributed by atoms with Gasteiger partial charge in [-0.1, -0.05) is 49.4 Å². The summed E-state index contributed by atoms with van der Waals surface area (Å²) in [7, 11) is -4.53. The first kappa shape index (κ1) is 21.4. The van der Waals surface area contributed by atoms with Gasteiger partial charge >= 0.3 is 0 Å². The first-order valence-electron chi connectivity index (χ1n) is 9.32. The van der Waals surface area contributed by atoms with Crippen molar-refractivity contribution in [2.75, 3.05) is 5.32 Å². The topological polar surface area (TPSA) is 101 Å². The molecule has 3 aromatic carbocycles. The summed E-state index contributed by atoms with van der Waals surface area (Å²) in [5.41, 5.74) is 2.92. The maximum atomic E-state index is 12.5. The Morgan fingerprint density at radius 1 is 0.933 bits per heavy atom. The molecule has 0 aliphatic rings. The van der Waals surface area contributed by atoms with E-state index in [0.717, 1.165) is 12.0 Å². The van der Waals surface area contributed by atoms with E-state index in [1.54, 1.807) is 36.4 Å². The molecule has 0 bridgehead atoms. The number of benzene rings is 3. The average molecular weight is 423 g/mol. The molecule has 3 aromatic rings. The minimum Gasteiger partial charge on any atom is -0.322 e. The molecule has 0 heterocycles. The highest BCUT2D eigenvalue weighted by molar-refractivity contribution is 7.86. The number of amides is 1. The Hall–Kier alpha value is -3.29. The van der Waals surface area contributed by atoms with Crippen molar-refractivity contribution >= 4 is 27.5 Å². The Balaban J connectivity index is 1.96. The highest BCUT2D eigenvalue weighted by Crippen LogP contribution is 2.30. The molecule has 0 aliphatic carbocycles. The van der Waals surface area contributed by atoms with Crippen LogP contribution in [0.5, 0.6) is 0 Å². The fourth-order valence-electron chi connectivity index (χ4n) is 3.05. The van der Waals surface area contributed by atoms with Gasteiger partial charge in [0.1, 0.15) is 4.90 Å². The summed E-state index contributed by atoms with van der Waals surface area (Å²) < 4.78 is 33.7. The highest BCUT2D eigenvalue weighted by atomic mass is 32.2. The first-order valence-corrected chi connectivity index (χ1v) is 10.8. The lowest BCUT2D eigenvalue weighted by molar-refractivity contribution is 0.101. The molecule has 0 aromatic heterocycles. The molecule has 0 saturated heterocycles. The van der Waals surface area contributed by atoms with Crippen molar-refractivity contribution in [3.8, 4) is 11.1 Å². The molecule has 0 unspecified atom stereocenters. The zero-order valence-corrected chi connectivity index (χ0v) is 17.4. The Morgan fingerprint density at radius 2 is 1.60 bits per heavy atom.